The molecule has 2 aliphatic rings. The first-order valence-corrected chi connectivity index (χ1v) is 5.52. The molecule has 0 atom stereocenters. The normalized spacial score (nSPS) is 20.4. The number of benzene rings is 1. The van der Waals surface area contributed by atoms with E-state index in [0.717, 1.165) is 30.6 Å². The number of fused-ring (bicyclic) bond motifs is 1. The molecule has 0 radical (unpaired) electrons. The Morgan fingerprint density at radius 3 is 2.81 bits per heavy atom. The summed E-state index contributed by atoms with van der Waals surface area (Å²) in [4.78, 5) is 12.0. The van der Waals surface area contributed by atoms with Crippen LogP contribution in [0.4, 0.5) is 11.4 Å². The van der Waals surface area contributed by atoms with Gasteiger partial charge in [0.1, 0.15) is 17.0 Å². The molecule has 1 aromatic carbocycles. The van der Waals surface area contributed by atoms with Gasteiger partial charge < -0.3 is 15.4 Å². The molecule has 3 rings (SSSR count). The number of carbonyl (C=O) groups excluding carboxylic acids is 1. The fraction of sp³-hybridized carbons (Fsp3) is 0.417. The molecule has 1 saturated carbocycles. The Hall–Kier alpha value is -1.71. The highest BCUT2D eigenvalue weighted by Crippen LogP contribution is 2.44. The maximum Gasteiger partial charge on any atom is 0.250 e. The molecular weight excluding hydrogens is 204 g/mol. The van der Waals surface area contributed by atoms with Crippen LogP contribution in [0.3, 0.4) is 0 Å². The van der Waals surface area contributed by atoms with Crippen LogP contribution >= 0.6 is 0 Å². The maximum atomic E-state index is 12.0. The third-order valence-corrected chi connectivity index (χ3v) is 3.50. The minimum Gasteiger partial charge on any atom is -0.494 e. The van der Waals surface area contributed by atoms with Crippen LogP contribution < -0.4 is 15.4 Å². The van der Waals surface area contributed by atoms with Crippen LogP contribution in [0.2, 0.25) is 0 Å². The zero-order chi connectivity index (χ0) is 11.2. The largest absolute Gasteiger partial charge is 0.494 e. The molecule has 4 heteroatoms. The average molecular weight is 218 g/mol. The Bertz CT molecular complexity index is 452. The molecule has 1 aromatic rings. The van der Waals surface area contributed by atoms with Crippen molar-refractivity contribution in [1.82, 2.24) is 0 Å². The Balaban J connectivity index is 2.04. The number of ether oxygens (including phenoxy) is 1. The van der Waals surface area contributed by atoms with Crippen molar-refractivity contribution in [3.8, 4) is 5.75 Å². The summed E-state index contributed by atoms with van der Waals surface area (Å²) in [5, 5.41) is 6.29. The lowest BCUT2D eigenvalue weighted by Crippen LogP contribution is -2.57. The van der Waals surface area contributed by atoms with Crippen LogP contribution in [0.1, 0.15) is 19.3 Å². The fourth-order valence-corrected chi connectivity index (χ4v) is 2.36. The standard InChI is InChI=1S/C12H14N2O2/c1-16-9-5-2-4-8-10(9)13-11(15)12(14-8)6-3-7-12/h2,4-5,14H,3,6-7H2,1H3,(H,13,15). The van der Waals surface area contributed by atoms with E-state index in [1.165, 1.54) is 0 Å². The number of para-hydroxylation sites is 1. The minimum absolute atomic E-state index is 0.0655. The highest BCUT2D eigenvalue weighted by molar-refractivity contribution is 6.08. The van der Waals surface area contributed by atoms with Crippen LogP contribution in [0.25, 0.3) is 0 Å². The number of nitrogens with one attached hydrogen (secondary N) is 2. The van der Waals surface area contributed by atoms with E-state index >= 15 is 0 Å². The quantitative estimate of drug-likeness (QED) is 0.757. The van der Waals surface area contributed by atoms with Gasteiger partial charge in [-0.1, -0.05) is 6.07 Å². The van der Waals surface area contributed by atoms with E-state index in [1.54, 1.807) is 7.11 Å². The second-order valence-electron chi connectivity index (χ2n) is 4.40. The summed E-state index contributed by atoms with van der Waals surface area (Å²) in [5.41, 5.74) is 1.35. The van der Waals surface area contributed by atoms with Gasteiger partial charge in [-0.2, -0.15) is 0 Å². The van der Waals surface area contributed by atoms with Crippen LogP contribution in [0.5, 0.6) is 5.75 Å². The molecule has 1 aliphatic heterocycles. The van der Waals surface area contributed by atoms with Crippen molar-refractivity contribution in [3.63, 3.8) is 0 Å². The predicted octanol–water partition coefficient (Wildman–Crippen LogP) is 1.98. The van der Waals surface area contributed by atoms with E-state index in [1.807, 2.05) is 18.2 Å². The number of hydrogen-bond donors (Lipinski definition) is 2. The first kappa shape index (κ1) is 9.51. The molecule has 1 amide bonds. The van der Waals surface area contributed by atoms with Crippen LogP contribution in [-0.4, -0.2) is 18.6 Å². The van der Waals surface area contributed by atoms with E-state index in [9.17, 15) is 4.79 Å². The Kier molecular flexibility index (Phi) is 1.87. The molecule has 4 nitrogen and oxygen atoms in total. The summed E-state index contributed by atoms with van der Waals surface area (Å²) >= 11 is 0. The predicted molar refractivity (Wildman–Crippen MR) is 61.8 cm³/mol. The third-order valence-electron chi connectivity index (χ3n) is 3.50. The fourth-order valence-electron chi connectivity index (χ4n) is 2.36. The van der Waals surface area contributed by atoms with E-state index in [-0.39, 0.29) is 11.4 Å². The van der Waals surface area contributed by atoms with Gasteiger partial charge in [0.25, 0.3) is 0 Å². The molecular formula is C12H14N2O2. The first-order valence-electron chi connectivity index (χ1n) is 5.52. The van der Waals surface area contributed by atoms with Crippen LogP contribution in [0.15, 0.2) is 18.2 Å². The van der Waals surface area contributed by atoms with Crippen molar-refractivity contribution in [3.05, 3.63) is 18.2 Å². The summed E-state index contributed by atoms with van der Waals surface area (Å²) in [7, 11) is 1.61. The number of methoxy groups -OCH3 is 1. The van der Waals surface area contributed by atoms with Crippen LogP contribution in [-0.2, 0) is 4.79 Å². The molecule has 1 heterocycles. The van der Waals surface area contributed by atoms with Gasteiger partial charge in [-0.05, 0) is 31.4 Å². The molecule has 0 aromatic heterocycles. The lowest BCUT2D eigenvalue weighted by molar-refractivity contribution is -0.123. The highest BCUT2D eigenvalue weighted by atomic mass is 16.5. The summed E-state index contributed by atoms with van der Waals surface area (Å²) in [5.74, 6) is 0.767. The number of rotatable bonds is 1. The minimum atomic E-state index is -0.362. The SMILES string of the molecule is COc1cccc2c1NC(=O)C1(CCC1)N2. The maximum absolute atomic E-state index is 12.0. The zero-order valence-corrected chi connectivity index (χ0v) is 9.17. The van der Waals surface area contributed by atoms with Gasteiger partial charge in [0.05, 0.1) is 12.8 Å². The highest BCUT2D eigenvalue weighted by Gasteiger charge is 2.47. The van der Waals surface area contributed by atoms with E-state index in [2.05, 4.69) is 10.6 Å². The van der Waals surface area contributed by atoms with Gasteiger partial charge in [-0.3, -0.25) is 4.79 Å². The van der Waals surface area contributed by atoms with E-state index in [4.69, 9.17) is 4.74 Å². The van der Waals surface area contributed by atoms with Crippen molar-refractivity contribution in [2.45, 2.75) is 24.8 Å². The molecule has 0 saturated heterocycles. The van der Waals surface area contributed by atoms with Crippen LogP contribution in [0, 0.1) is 0 Å². The number of carbonyl (C=O) groups is 1. The molecule has 84 valence electrons. The second kappa shape index (κ2) is 3.14. The van der Waals surface area contributed by atoms with Gasteiger partial charge in [-0.25, -0.2) is 0 Å². The van der Waals surface area contributed by atoms with Gasteiger partial charge in [-0.15, -0.1) is 0 Å². The van der Waals surface area contributed by atoms with Crippen molar-refractivity contribution < 1.29 is 9.53 Å². The average Bonchev–Trinajstić information content (AvgIpc) is 2.25. The van der Waals surface area contributed by atoms with E-state index in [0.29, 0.717) is 5.75 Å². The lowest BCUT2D eigenvalue weighted by Gasteiger charge is -2.45. The van der Waals surface area contributed by atoms with Crippen molar-refractivity contribution in [1.29, 1.82) is 0 Å². The van der Waals surface area contributed by atoms with Gasteiger partial charge in [0, 0.05) is 0 Å². The van der Waals surface area contributed by atoms with E-state index < -0.39 is 0 Å². The van der Waals surface area contributed by atoms with Crippen molar-refractivity contribution in [2.24, 2.45) is 0 Å². The monoisotopic (exact) mass is 218 g/mol. The number of amides is 1. The van der Waals surface area contributed by atoms with Crippen molar-refractivity contribution in [2.75, 3.05) is 17.7 Å². The molecule has 16 heavy (non-hydrogen) atoms. The number of hydrogen-bond acceptors (Lipinski definition) is 3. The topological polar surface area (TPSA) is 50.4 Å². The second-order valence-corrected chi connectivity index (χ2v) is 4.40. The lowest BCUT2D eigenvalue weighted by atomic mass is 9.74. The van der Waals surface area contributed by atoms with Gasteiger partial charge in [0.15, 0.2) is 0 Å². The molecule has 1 fully saturated rings. The first-order chi connectivity index (χ1) is 7.75. The van der Waals surface area contributed by atoms with Crippen molar-refractivity contribution >= 4 is 17.3 Å². The number of anilines is 2. The Labute approximate surface area is 94.0 Å². The third kappa shape index (κ3) is 1.13. The van der Waals surface area contributed by atoms with Gasteiger partial charge >= 0.3 is 0 Å². The molecule has 0 bridgehead atoms. The summed E-state index contributed by atoms with van der Waals surface area (Å²) in [6, 6.07) is 5.74. The summed E-state index contributed by atoms with van der Waals surface area (Å²) in [6.45, 7) is 0. The van der Waals surface area contributed by atoms with Gasteiger partial charge in [0.2, 0.25) is 5.91 Å². The smallest absolute Gasteiger partial charge is 0.250 e. The molecule has 0 unspecified atom stereocenters. The zero-order valence-electron chi connectivity index (χ0n) is 9.17. The Morgan fingerprint density at radius 2 is 2.19 bits per heavy atom. The Morgan fingerprint density at radius 1 is 1.38 bits per heavy atom. The summed E-state index contributed by atoms with van der Waals surface area (Å²) < 4.78 is 5.23. The molecule has 2 N–H and O–H groups in total. The molecule has 1 spiro atoms. The summed E-state index contributed by atoms with van der Waals surface area (Å²) in [6.07, 6.45) is 2.94. The molecule has 1 aliphatic carbocycles.